The Balaban J connectivity index is 2.22. The van der Waals surface area contributed by atoms with E-state index >= 15 is 0 Å². The minimum atomic E-state index is 0.556. The second kappa shape index (κ2) is 4.95. The quantitative estimate of drug-likeness (QED) is 0.470. The Kier molecular flexibility index (Phi) is 3.83. The first kappa shape index (κ1) is 9.28. The van der Waals surface area contributed by atoms with Crippen molar-refractivity contribution in [3.8, 4) is 6.07 Å². The van der Waals surface area contributed by atoms with Gasteiger partial charge in [0.15, 0.2) is 0 Å². The molecule has 1 atom stereocenters. The van der Waals surface area contributed by atoms with Gasteiger partial charge in [0.1, 0.15) is 0 Å². The van der Waals surface area contributed by atoms with E-state index in [0.717, 1.165) is 12.5 Å². The van der Waals surface area contributed by atoms with E-state index in [-0.39, 0.29) is 0 Å². The third kappa shape index (κ3) is 3.06. The average Bonchev–Trinajstić information content (AvgIpc) is 2.06. The van der Waals surface area contributed by atoms with E-state index in [1.54, 1.807) is 0 Å². The van der Waals surface area contributed by atoms with E-state index in [0.29, 0.717) is 6.54 Å². The van der Waals surface area contributed by atoms with Gasteiger partial charge in [0, 0.05) is 6.54 Å². The van der Waals surface area contributed by atoms with Crippen LogP contribution in [0.5, 0.6) is 0 Å². The van der Waals surface area contributed by atoms with Crippen LogP contribution in [0.15, 0.2) is 12.2 Å². The van der Waals surface area contributed by atoms with Crippen molar-refractivity contribution in [2.24, 2.45) is 5.92 Å². The molecule has 1 aliphatic rings. The number of allylic oxidation sites excluding steroid dienone is 2. The van der Waals surface area contributed by atoms with E-state index in [4.69, 9.17) is 5.26 Å². The molecule has 1 aliphatic carbocycles. The maximum atomic E-state index is 8.46. The van der Waals surface area contributed by atoms with Crippen molar-refractivity contribution in [1.29, 1.82) is 5.26 Å². The summed E-state index contributed by atoms with van der Waals surface area (Å²) in [5.41, 5.74) is 0. The summed E-state index contributed by atoms with van der Waals surface area (Å²) in [7, 11) is 2.02. The summed E-state index contributed by atoms with van der Waals surface area (Å²) in [6.07, 6.45) is 8.20. The zero-order chi connectivity index (χ0) is 8.81. The predicted octanol–water partition coefficient (Wildman–Crippen LogP) is 1.80. The van der Waals surface area contributed by atoms with Gasteiger partial charge in [-0.05, 0) is 32.2 Å². The van der Waals surface area contributed by atoms with Crippen LogP contribution in [0.1, 0.15) is 19.3 Å². The van der Waals surface area contributed by atoms with Gasteiger partial charge in [-0.2, -0.15) is 5.26 Å². The zero-order valence-electron chi connectivity index (χ0n) is 7.66. The lowest BCUT2D eigenvalue weighted by Crippen LogP contribution is -2.26. The molecular formula is C10H16N2. The topological polar surface area (TPSA) is 27.0 Å². The summed E-state index contributed by atoms with van der Waals surface area (Å²) in [4.78, 5) is 2.10. The fourth-order valence-corrected chi connectivity index (χ4v) is 1.65. The zero-order valence-corrected chi connectivity index (χ0v) is 7.66. The van der Waals surface area contributed by atoms with Gasteiger partial charge < -0.3 is 0 Å². The van der Waals surface area contributed by atoms with E-state index in [2.05, 4.69) is 23.1 Å². The minimum absolute atomic E-state index is 0.556. The molecule has 1 unspecified atom stereocenters. The fraction of sp³-hybridized carbons (Fsp3) is 0.700. The molecule has 0 aromatic heterocycles. The number of rotatable bonds is 3. The summed E-state index contributed by atoms with van der Waals surface area (Å²) in [6.45, 7) is 1.62. The largest absolute Gasteiger partial charge is 0.293 e. The Morgan fingerprint density at radius 3 is 3.00 bits per heavy atom. The number of hydrogen-bond donors (Lipinski definition) is 0. The highest BCUT2D eigenvalue weighted by Crippen LogP contribution is 2.18. The molecule has 0 N–H and O–H groups in total. The first-order valence-electron chi connectivity index (χ1n) is 4.53. The monoisotopic (exact) mass is 164 g/mol. The number of hydrogen-bond acceptors (Lipinski definition) is 2. The van der Waals surface area contributed by atoms with Crippen LogP contribution >= 0.6 is 0 Å². The van der Waals surface area contributed by atoms with Crippen LogP contribution in [0.2, 0.25) is 0 Å². The number of nitriles is 1. The summed E-state index contributed by atoms with van der Waals surface area (Å²) in [5.74, 6) is 0.772. The van der Waals surface area contributed by atoms with Gasteiger partial charge in [0.05, 0.1) is 12.6 Å². The molecule has 0 saturated heterocycles. The fourth-order valence-electron chi connectivity index (χ4n) is 1.65. The standard InChI is InChI=1S/C10H16N2/c1-12(8-7-11)9-10-5-3-2-4-6-10/h2-3,10H,4-6,8-9H2,1H3. The van der Waals surface area contributed by atoms with Crippen molar-refractivity contribution < 1.29 is 0 Å². The summed E-state index contributed by atoms with van der Waals surface area (Å²) in [6, 6.07) is 2.16. The molecule has 66 valence electrons. The van der Waals surface area contributed by atoms with E-state index in [9.17, 15) is 0 Å². The van der Waals surface area contributed by atoms with Gasteiger partial charge in [-0.15, -0.1) is 0 Å². The molecule has 0 bridgehead atoms. The molecule has 0 spiro atoms. The van der Waals surface area contributed by atoms with Crippen LogP contribution in [0.3, 0.4) is 0 Å². The lowest BCUT2D eigenvalue weighted by atomic mass is 9.94. The van der Waals surface area contributed by atoms with Gasteiger partial charge in [0.25, 0.3) is 0 Å². The number of nitrogens with zero attached hydrogens (tertiary/aromatic N) is 2. The molecule has 2 nitrogen and oxygen atoms in total. The first-order valence-corrected chi connectivity index (χ1v) is 4.53. The smallest absolute Gasteiger partial charge is 0.0863 e. The molecule has 0 aromatic rings. The molecule has 0 aliphatic heterocycles. The van der Waals surface area contributed by atoms with Crippen molar-refractivity contribution >= 4 is 0 Å². The second-order valence-corrected chi connectivity index (χ2v) is 3.51. The lowest BCUT2D eigenvalue weighted by Gasteiger charge is -2.22. The first-order chi connectivity index (χ1) is 5.83. The van der Waals surface area contributed by atoms with E-state index in [1.807, 2.05) is 7.05 Å². The third-order valence-corrected chi connectivity index (χ3v) is 2.29. The van der Waals surface area contributed by atoms with Crippen molar-refractivity contribution in [3.05, 3.63) is 12.2 Å². The van der Waals surface area contributed by atoms with Crippen molar-refractivity contribution in [3.63, 3.8) is 0 Å². The Hall–Kier alpha value is -0.810. The minimum Gasteiger partial charge on any atom is -0.293 e. The predicted molar refractivity (Wildman–Crippen MR) is 49.6 cm³/mol. The highest BCUT2D eigenvalue weighted by atomic mass is 15.1. The SMILES string of the molecule is CN(CC#N)CC1CC=CCC1. The maximum Gasteiger partial charge on any atom is 0.0863 e. The van der Waals surface area contributed by atoms with E-state index < -0.39 is 0 Å². The normalized spacial score (nSPS) is 22.6. The third-order valence-electron chi connectivity index (χ3n) is 2.29. The Morgan fingerprint density at radius 1 is 1.58 bits per heavy atom. The Bertz CT molecular complexity index is 191. The molecule has 0 fully saturated rings. The van der Waals surface area contributed by atoms with Crippen LogP contribution in [-0.4, -0.2) is 25.0 Å². The summed E-state index contributed by atoms with van der Waals surface area (Å²) < 4.78 is 0. The Morgan fingerprint density at radius 2 is 2.42 bits per heavy atom. The lowest BCUT2D eigenvalue weighted by molar-refractivity contribution is 0.289. The maximum absolute atomic E-state index is 8.46. The van der Waals surface area contributed by atoms with Crippen LogP contribution < -0.4 is 0 Å². The molecule has 0 saturated carbocycles. The second-order valence-electron chi connectivity index (χ2n) is 3.51. The van der Waals surface area contributed by atoms with Gasteiger partial charge in [-0.1, -0.05) is 12.2 Å². The molecule has 0 radical (unpaired) electrons. The highest BCUT2D eigenvalue weighted by Gasteiger charge is 2.11. The summed E-state index contributed by atoms with van der Waals surface area (Å²) >= 11 is 0. The molecule has 0 aromatic carbocycles. The molecule has 2 heteroatoms. The molecule has 0 heterocycles. The van der Waals surface area contributed by atoms with Gasteiger partial charge in [-0.25, -0.2) is 0 Å². The molecule has 1 rings (SSSR count). The van der Waals surface area contributed by atoms with Crippen molar-refractivity contribution in [2.75, 3.05) is 20.1 Å². The van der Waals surface area contributed by atoms with E-state index in [1.165, 1.54) is 19.3 Å². The molecular weight excluding hydrogens is 148 g/mol. The molecule has 0 amide bonds. The van der Waals surface area contributed by atoms with Crippen LogP contribution in [-0.2, 0) is 0 Å². The van der Waals surface area contributed by atoms with Crippen LogP contribution in [0, 0.1) is 17.2 Å². The van der Waals surface area contributed by atoms with Crippen LogP contribution in [0.25, 0.3) is 0 Å². The van der Waals surface area contributed by atoms with Crippen molar-refractivity contribution in [1.82, 2.24) is 4.90 Å². The van der Waals surface area contributed by atoms with Gasteiger partial charge in [0.2, 0.25) is 0 Å². The highest BCUT2D eigenvalue weighted by molar-refractivity contribution is 4.91. The molecule has 12 heavy (non-hydrogen) atoms. The van der Waals surface area contributed by atoms with Gasteiger partial charge in [-0.3, -0.25) is 4.90 Å². The van der Waals surface area contributed by atoms with Crippen molar-refractivity contribution in [2.45, 2.75) is 19.3 Å². The Labute approximate surface area is 74.5 Å². The average molecular weight is 164 g/mol. The summed E-state index contributed by atoms with van der Waals surface area (Å²) in [5, 5.41) is 8.46. The van der Waals surface area contributed by atoms with Gasteiger partial charge >= 0.3 is 0 Å². The van der Waals surface area contributed by atoms with Crippen LogP contribution in [0.4, 0.5) is 0 Å².